The molecule has 20 heavy (non-hydrogen) atoms. The molecule has 108 valence electrons. The third-order valence-corrected chi connectivity index (χ3v) is 3.47. The Hall–Kier alpha value is -1.56. The van der Waals surface area contributed by atoms with E-state index in [9.17, 15) is 0 Å². The molecule has 0 spiro atoms. The number of unbranched alkanes of at least 4 members (excludes halogenated alkanes) is 1. The summed E-state index contributed by atoms with van der Waals surface area (Å²) in [6, 6.07) is 19.4. The molecular weight excluding hydrogens is 240 g/mol. The van der Waals surface area contributed by atoms with Crippen molar-refractivity contribution in [2.45, 2.75) is 52.9 Å². The highest BCUT2D eigenvalue weighted by atomic mass is 14.0. The van der Waals surface area contributed by atoms with Gasteiger partial charge in [0, 0.05) is 0 Å². The Balaban J connectivity index is 0.000000200. The van der Waals surface area contributed by atoms with Crippen LogP contribution in [0.2, 0.25) is 0 Å². The first-order chi connectivity index (χ1) is 9.80. The Morgan fingerprint density at radius 2 is 1.20 bits per heavy atom. The first-order valence-electron chi connectivity index (χ1n) is 7.91. The summed E-state index contributed by atoms with van der Waals surface area (Å²) >= 11 is 0. The molecule has 0 nitrogen and oxygen atoms in total. The first-order valence-corrected chi connectivity index (χ1v) is 7.91. The van der Waals surface area contributed by atoms with E-state index in [4.69, 9.17) is 0 Å². The smallest absolute Gasteiger partial charge is 0.0279 e. The second kappa shape index (κ2) is 10.3. The molecule has 2 aromatic rings. The summed E-state index contributed by atoms with van der Waals surface area (Å²) < 4.78 is 0. The minimum absolute atomic E-state index is 1.15. The molecule has 0 amide bonds. The monoisotopic (exact) mass is 268 g/mol. The highest BCUT2D eigenvalue weighted by Gasteiger charge is 1.89. The van der Waals surface area contributed by atoms with Crippen molar-refractivity contribution in [3.8, 4) is 0 Å². The van der Waals surface area contributed by atoms with Gasteiger partial charge in [0.15, 0.2) is 0 Å². The zero-order chi connectivity index (χ0) is 14.6. The summed E-state index contributed by atoms with van der Waals surface area (Å²) in [5.41, 5.74) is 4.35. The third-order valence-electron chi connectivity index (χ3n) is 3.47. The van der Waals surface area contributed by atoms with E-state index < -0.39 is 0 Å². The topological polar surface area (TPSA) is 0 Å². The predicted octanol–water partition coefficient (Wildman–Crippen LogP) is 5.84. The van der Waals surface area contributed by atoms with E-state index in [0.717, 1.165) is 12.8 Å². The van der Waals surface area contributed by atoms with Crippen LogP contribution in [0.1, 0.15) is 50.3 Å². The van der Waals surface area contributed by atoms with Crippen LogP contribution in [-0.4, -0.2) is 0 Å². The lowest BCUT2D eigenvalue weighted by Crippen LogP contribution is -1.83. The van der Waals surface area contributed by atoms with Gasteiger partial charge in [-0.3, -0.25) is 0 Å². The van der Waals surface area contributed by atoms with Gasteiger partial charge in [-0.05, 0) is 42.4 Å². The fourth-order valence-electron chi connectivity index (χ4n) is 2.10. The molecule has 0 radical (unpaired) electrons. The molecule has 0 bridgehead atoms. The van der Waals surface area contributed by atoms with Crippen LogP contribution >= 0.6 is 0 Å². The summed E-state index contributed by atoms with van der Waals surface area (Å²) in [7, 11) is 0. The average Bonchev–Trinajstić information content (AvgIpc) is 2.54. The van der Waals surface area contributed by atoms with Crippen LogP contribution in [0.5, 0.6) is 0 Å². The maximum atomic E-state index is 2.28. The first kappa shape index (κ1) is 16.5. The summed E-state index contributed by atoms with van der Waals surface area (Å²) in [6.07, 6.45) is 6.12. The van der Waals surface area contributed by atoms with Crippen LogP contribution in [0.25, 0.3) is 0 Å². The Morgan fingerprint density at radius 1 is 0.650 bits per heavy atom. The van der Waals surface area contributed by atoms with Gasteiger partial charge in [-0.1, -0.05) is 81.8 Å². The van der Waals surface area contributed by atoms with Crippen LogP contribution in [0.4, 0.5) is 0 Å². The van der Waals surface area contributed by atoms with Crippen molar-refractivity contribution in [1.82, 2.24) is 0 Å². The van der Waals surface area contributed by atoms with E-state index in [0.29, 0.717) is 0 Å². The number of benzene rings is 2. The third kappa shape index (κ3) is 6.56. The van der Waals surface area contributed by atoms with Gasteiger partial charge in [-0.25, -0.2) is 0 Å². The molecule has 0 saturated carbocycles. The molecule has 0 atom stereocenters. The van der Waals surface area contributed by atoms with Gasteiger partial charge in [0.1, 0.15) is 0 Å². The standard InChI is InChI=1S/2C10H14/c1-3-9-6-5-7-10(4-2)8-9;1-2-3-7-10-8-5-4-6-9-10/h5-8H,3-4H2,1-2H3;4-6,8-9H,2-3,7H2,1H3. The van der Waals surface area contributed by atoms with Crippen molar-refractivity contribution in [3.63, 3.8) is 0 Å². The molecule has 0 N–H and O–H groups in total. The second-order valence-corrected chi connectivity index (χ2v) is 5.12. The molecule has 0 aliphatic heterocycles. The van der Waals surface area contributed by atoms with E-state index in [1.54, 1.807) is 0 Å². The van der Waals surface area contributed by atoms with Crippen LogP contribution in [-0.2, 0) is 19.3 Å². The van der Waals surface area contributed by atoms with Crippen molar-refractivity contribution in [1.29, 1.82) is 0 Å². The molecule has 0 aliphatic rings. The van der Waals surface area contributed by atoms with Gasteiger partial charge in [-0.15, -0.1) is 0 Å². The molecule has 0 unspecified atom stereocenters. The van der Waals surface area contributed by atoms with Crippen LogP contribution in [0, 0.1) is 0 Å². The lowest BCUT2D eigenvalue weighted by atomic mass is 10.1. The molecule has 0 aromatic heterocycles. The Morgan fingerprint density at radius 3 is 1.70 bits per heavy atom. The summed E-state index contributed by atoms with van der Waals surface area (Å²) in [5, 5.41) is 0. The Kier molecular flexibility index (Phi) is 8.46. The SMILES string of the molecule is CCCCc1ccccc1.CCc1cccc(CC)c1. The highest BCUT2D eigenvalue weighted by molar-refractivity contribution is 5.23. The number of aryl methyl sites for hydroxylation is 3. The van der Waals surface area contributed by atoms with E-state index in [1.807, 2.05) is 0 Å². The largest absolute Gasteiger partial charge is 0.0654 e. The predicted molar refractivity (Wildman–Crippen MR) is 90.3 cm³/mol. The van der Waals surface area contributed by atoms with Gasteiger partial charge in [0.25, 0.3) is 0 Å². The average molecular weight is 268 g/mol. The fourth-order valence-corrected chi connectivity index (χ4v) is 2.10. The summed E-state index contributed by atoms with van der Waals surface area (Å²) in [5.74, 6) is 0. The maximum absolute atomic E-state index is 2.28. The van der Waals surface area contributed by atoms with E-state index >= 15 is 0 Å². The Bertz CT molecular complexity index is 437. The van der Waals surface area contributed by atoms with Crippen molar-refractivity contribution in [3.05, 3.63) is 71.3 Å². The number of rotatable bonds is 5. The minimum atomic E-state index is 1.15. The van der Waals surface area contributed by atoms with Crippen molar-refractivity contribution < 1.29 is 0 Å². The van der Waals surface area contributed by atoms with Crippen molar-refractivity contribution in [2.75, 3.05) is 0 Å². The molecule has 0 aliphatic carbocycles. The minimum Gasteiger partial charge on any atom is -0.0654 e. The fraction of sp³-hybridized carbons (Fsp3) is 0.400. The molecule has 2 aromatic carbocycles. The number of hydrogen-bond acceptors (Lipinski definition) is 0. The molecule has 0 fully saturated rings. The van der Waals surface area contributed by atoms with Gasteiger partial charge in [0.2, 0.25) is 0 Å². The van der Waals surface area contributed by atoms with Crippen LogP contribution in [0.3, 0.4) is 0 Å². The molecule has 0 heterocycles. The van der Waals surface area contributed by atoms with Gasteiger partial charge in [0.05, 0.1) is 0 Å². The zero-order valence-electron chi connectivity index (χ0n) is 13.2. The zero-order valence-corrected chi connectivity index (χ0v) is 13.2. The molecule has 0 heteroatoms. The Labute approximate surface area is 124 Å². The number of hydrogen-bond donors (Lipinski definition) is 0. The quantitative estimate of drug-likeness (QED) is 0.639. The summed E-state index contributed by atoms with van der Waals surface area (Å²) in [4.78, 5) is 0. The van der Waals surface area contributed by atoms with Crippen molar-refractivity contribution in [2.24, 2.45) is 0 Å². The highest BCUT2D eigenvalue weighted by Crippen LogP contribution is 2.05. The van der Waals surface area contributed by atoms with E-state index in [1.165, 1.54) is 36.0 Å². The van der Waals surface area contributed by atoms with E-state index in [2.05, 4.69) is 75.4 Å². The molecule has 2 rings (SSSR count). The van der Waals surface area contributed by atoms with Crippen LogP contribution < -0.4 is 0 Å². The van der Waals surface area contributed by atoms with Gasteiger partial charge in [-0.2, -0.15) is 0 Å². The maximum Gasteiger partial charge on any atom is -0.0279 e. The normalized spacial score (nSPS) is 9.75. The van der Waals surface area contributed by atoms with Crippen molar-refractivity contribution >= 4 is 0 Å². The molecule has 0 saturated heterocycles. The lowest BCUT2D eigenvalue weighted by Gasteiger charge is -1.98. The second-order valence-electron chi connectivity index (χ2n) is 5.12. The molecular formula is C20H28. The van der Waals surface area contributed by atoms with Gasteiger partial charge < -0.3 is 0 Å². The lowest BCUT2D eigenvalue weighted by molar-refractivity contribution is 0.795. The van der Waals surface area contributed by atoms with E-state index in [-0.39, 0.29) is 0 Å². The summed E-state index contributed by atoms with van der Waals surface area (Å²) in [6.45, 7) is 6.60. The van der Waals surface area contributed by atoms with Crippen LogP contribution in [0.15, 0.2) is 54.6 Å². The van der Waals surface area contributed by atoms with Gasteiger partial charge >= 0.3 is 0 Å².